The molecule has 0 saturated carbocycles. The van der Waals surface area contributed by atoms with E-state index >= 15 is 0 Å². The van der Waals surface area contributed by atoms with E-state index in [0.29, 0.717) is 11.6 Å². The van der Waals surface area contributed by atoms with Crippen molar-refractivity contribution in [2.24, 2.45) is 0 Å². The van der Waals surface area contributed by atoms with Gasteiger partial charge in [0.05, 0.1) is 0 Å². The monoisotopic (exact) mass is 280 g/mol. The van der Waals surface area contributed by atoms with Crippen LogP contribution < -0.4 is 5.32 Å². The third-order valence-electron chi connectivity index (χ3n) is 3.89. The van der Waals surface area contributed by atoms with Crippen LogP contribution in [0.5, 0.6) is 0 Å². The fourth-order valence-corrected chi connectivity index (χ4v) is 2.51. The van der Waals surface area contributed by atoms with Crippen LogP contribution in [-0.4, -0.2) is 31.1 Å². The standard InChI is InChI=1S/C17H29FN2/c1-6-10-20(13(2)3)11-9-17(19-5)15-8-7-14(4)16(18)12-15/h7-8,12-13,17,19H,6,9-11H2,1-5H3. The second kappa shape index (κ2) is 8.38. The summed E-state index contributed by atoms with van der Waals surface area (Å²) in [6.45, 7) is 10.6. The van der Waals surface area contributed by atoms with Crippen LogP contribution in [0.1, 0.15) is 50.8 Å². The van der Waals surface area contributed by atoms with Crippen molar-refractivity contribution in [2.45, 2.75) is 52.6 Å². The maximum Gasteiger partial charge on any atom is 0.126 e. The Morgan fingerprint density at radius 3 is 2.45 bits per heavy atom. The summed E-state index contributed by atoms with van der Waals surface area (Å²) in [5, 5.41) is 3.31. The second-order valence-corrected chi connectivity index (χ2v) is 5.77. The Labute approximate surface area is 123 Å². The van der Waals surface area contributed by atoms with E-state index < -0.39 is 0 Å². The minimum Gasteiger partial charge on any atom is -0.313 e. The van der Waals surface area contributed by atoms with Gasteiger partial charge in [-0.05, 0) is 64.4 Å². The van der Waals surface area contributed by atoms with Crippen molar-refractivity contribution in [1.82, 2.24) is 10.2 Å². The first-order valence-corrected chi connectivity index (χ1v) is 7.67. The molecule has 20 heavy (non-hydrogen) atoms. The second-order valence-electron chi connectivity index (χ2n) is 5.77. The van der Waals surface area contributed by atoms with Crippen molar-refractivity contribution in [3.63, 3.8) is 0 Å². The van der Waals surface area contributed by atoms with Gasteiger partial charge in [-0.25, -0.2) is 4.39 Å². The molecule has 1 N–H and O–H groups in total. The molecule has 0 aromatic heterocycles. The first kappa shape index (κ1) is 17.1. The van der Waals surface area contributed by atoms with Crippen molar-refractivity contribution in [1.29, 1.82) is 0 Å². The molecule has 3 heteroatoms. The average Bonchev–Trinajstić information content (AvgIpc) is 2.41. The third kappa shape index (κ3) is 4.88. The van der Waals surface area contributed by atoms with Gasteiger partial charge in [0.2, 0.25) is 0 Å². The zero-order valence-electron chi connectivity index (χ0n) is 13.5. The molecule has 1 rings (SSSR count). The number of benzene rings is 1. The topological polar surface area (TPSA) is 15.3 Å². The molecule has 0 saturated heterocycles. The van der Waals surface area contributed by atoms with E-state index in [9.17, 15) is 4.39 Å². The van der Waals surface area contributed by atoms with Crippen LogP contribution in [0, 0.1) is 12.7 Å². The van der Waals surface area contributed by atoms with Crippen molar-refractivity contribution in [3.05, 3.63) is 35.1 Å². The quantitative estimate of drug-likeness (QED) is 0.777. The molecule has 0 aliphatic carbocycles. The van der Waals surface area contributed by atoms with E-state index in [1.54, 1.807) is 13.0 Å². The lowest BCUT2D eigenvalue weighted by atomic mass is 10.0. The zero-order valence-corrected chi connectivity index (χ0v) is 13.5. The summed E-state index contributed by atoms with van der Waals surface area (Å²) < 4.78 is 13.7. The van der Waals surface area contributed by atoms with Gasteiger partial charge in [0, 0.05) is 18.6 Å². The Balaban J connectivity index is 2.68. The molecule has 1 unspecified atom stereocenters. The summed E-state index contributed by atoms with van der Waals surface area (Å²) in [5.41, 5.74) is 1.74. The Hall–Kier alpha value is -0.930. The van der Waals surface area contributed by atoms with Crippen molar-refractivity contribution >= 4 is 0 Å². The first-order valence-electron chi connectivity index (χ1n) is 7.67. The van der Waals surface area contributed by atoms with E-state index in [-0.39, 0.29) is 11.9 Å². The Kier molecular flexibility index (Phi) is 7.17. The van der Waals surface area contributed by atoms with E-state index in [1.165, 1.54) is 6.42 Å². The zero-order chi connectivity index (χ0) is 15.1. The molecule has 1 aromatic rings. The number of nitrogens with one attached hydrogen (secondary N) is 1. The Morgan fingerprint density at radius 2 is 1.95 bits per heavy atom. The van der Waals surface area contributed by atoms with Gasteiger partial charge in [-0.1, -0.05) is 19.1 Å². The molecular weight excluding hydrogens is 251 g/mol. The summed E-state index contributed by atoms with van der Waals surface area (Å²) in [6.07, 6.45) is 2.17. The van der Waals surface area contributed by atoms with Crippen LogP contribution in [0.3, 0.4) is 0 Å². The Morgan fingerprint density at radius 1 is 1.25 bits per heavy atom. The smallest absolute Gasteiger partial charge is 0.126 e. The minimum atomic E-state index is -0.114. The van der Waals surface area contributed by atoms with Crippen LogP contribution in [-0.2, 0) is 0 Å². The summed E-state index contributed by atoms with van der Waals surface area (Å²) >= 11 is 0. The van der Waals surface area contributed by atoms with Gasteiger partial charge in [-0.15, -0.1) is 0 Å². The van der Waals surface area contributed by atoms with Gasteiger partial charge in [0.25, 0.3) is 0 Å². The van der Waals surface area contributed by atoms with Gasteiger partial charge >= 0.3 is 0 Å². The molecule has 0 heterocycles. The first-order chi connectivity index (χ1) is 9.49. The third-order valence-corrected chi connectivity index (χ3v) is 3.89. The number of rotatable bonds is 8. The number of hydrogen-bond acceptors (Lipinski definition) is 2. The fraction of sp³-hybridized carbons (Fsp3) is 0.647. The van der Waals surface area contributed by atoms with Gasteiger partial charge in [-0.2, -0.15) is 0 Å². The lowest BCUT2D eigenvalue weighted by molar-refractivity contribution is 0.211. The number of aryl methyl sites for hydroxylation is 1. The van der Waals surface area contributed by atoms with Crippen molar-refractivity contribution < 1.29 is 4.39 Å². The average molecular weight is 280 g/mol. The van der Waals surface area contributed by atoms with Crippen molar-refractivity contribution in [2.75, 3.05) is 20.1 Å². The molecule has 0 fully saturated rings. The van der Waals surface area contributed by atoms with Gasteiger partial charge in [-0.3, -0.25) is 0 Å². The Bertz CT molecular complexity index is 404. The molecule has 0 aliphatic rings. The lowest BCUT2D eigenvalue weighted by Gasteiger charge is -2.28. The molecule has 1 aromatic carbocycles. The normalized spacial score (nSPS) is 13.2. The van der Waals surface area contributed by atoms with Crippen molar-refractivity contribution in [3.8, 4) is 0 Å². The summed E-state index contributed by atoms with van der Waals surface area (Å²) in [4.78, 5) is 2.48. The molecule has 1 atom stereocenters. The van der Waals surface area contributed by atoms with E-state index in [1.807, 2.05) is 19.2 Å². The molecule has 0 aliphatic heterocycles. The summed E-state index contributed by atoms with van der Waals surface area (Å²) in [7, 11) is 1.95. The van der Waals surface area contributed by atoms with E-state index in [2.05, 4.69) is 31.0 Å². The highest BCUT2D eigenvalue weighted by Crippen LogP contribution is 2.20. The molecular formula is C17H29FN2. The van der Waals surface area contributed by atoms with Crippen LogP contribution in [0.15, 0.2) is 18.2 Å². The lowest BCUT2D eigenvalue weighted by Crippen LogP contribution is -2.34. The van der Waals surface area contributed by atoms with Gasteiger partial charge < -0.3 is 10.2 Å². The molecule has 0 amide bonds. The van der Waals surface area contributed by atoms with Crippen LogP contribution in [0.25, 0.3) is 0 Å². The predicted molar refractivity (Wildman–Crippen MR) is 84.6 cm³/mol. The molecule has 114 valence electrons. The van der Waals surface area contributed by atoms with Crippen LogP contribution >= 0.6 is 0 Å². The highest BCUT2D eigenvalue weighted by Gasteiger charge is 2.14. The number of nitrogens with zero attached hydrogens (tertiary/aromatic N) is 1. The minimum absolute atomic E-state index is 0.114. The summed E-state index contributed by atoms with van der Waals surface area (Å²) in [5.74, 6) is -0.114. The highest BCUT2D eigenvalue weighted by molar-refractivity contribution is 5.25. The van der Waals surface area contributed by atoms with E-state index in [4.69, 9.17) is 0 Å². The van der Waals surface area contributed by atoms with Crippen LogP contribution in [0.2, 0.25) is 0 Å². The molecule has 2 nitrogen and oxygen atoms in total. The number of hydrogen-bond donors (Lipinski definition) is 1. The SMILES string of the molecule is CCCN(CCC(NC)c1ccc(C)c(F)c1)C(C)C. The van der Waals surface area contributed by atoms with Crippen LogP contribution in [0.4, 0.5) is 4.39 Å². The molecule has 0 spiro atoms. The highest BCUT2D eigenvalue weighted by atomic mass is 19.1. The van der Waals surface area contributed by atoms with Gasteiger partial charge in [0.1, 0.15) is 5.82 Å². The predicted octanol–water partition coefficient (Wildman–Crippen LogP) is 3.91. The van der Waals surface area contributed by atoms with E-state index in [0.717, 1.165) is 25.1 Å². The largest absolute Gasteiger partial charge is 0.313 e. The molecule has 0 radical (unpaired) electrons. The maximum absolute atomic E-state index is 13.7. The maximum atomic E-state index is 13.7. The molecule has 0 bridgehead atoms. The summed E-state index contributed by atoms with van der Waals surface area (Å²) in [6, 6.07) is 6.32. The fourth-order valence-electron chi connectivity index (χ4n) is 2.51. The number of halogens is 1. The van der Waals surface area contributed by atoms with Gasteiger partial charge in [0.15, 0.2) is 0 Å².